The summed E-state index contributed by atoms with van der Waals surface area (Å²) in [4.78, 5) is 33.4. The van der Waals surface area contributed by atoms with Crippen LogP contribution in [0.3, 0.4) is 0 Å². The van der Waals surface area contributed by atoms with E-state index in [-0.39, 0.29) is 17.9 Å². The number of hydrogen-bond acceptors (Lipinski definition) is 6. The van der Waals surface area contributed by atoms with Gasteiger partial charge in [-0.3, -0.25) is 9.59 Å². The third-order valence-electron chi connectivity index (χ3n) is 3.27. The number of primary amides is 1. The molecule has 0 fully saturated rings. The zero-order chi connectivity index (χ0) is 15.7. The molecule has 3 rings (SSSR count). The number of aromatic nitrogens is 1. The zero-order valence-electron chi connectivity index (χ0n) is 11.8. The Morgan fingerprint density at radius 3 is 2.68 bits per heavy atom. The van der Waals surface area contributed by atoms with Gasteiger partial charge in [-0.15, -0.1) is 11.3 Å². The van der Waals surface area contributed by atoms with Crippen LogP contribution in [0, 0.1) is 6.92 Å². The largest absolute Gasteiger partial charge is 0.382 e. The number of hydrogen-bond donors (Lipinski definition) is 1. The van der Waals surface area contributed by atoms with Crippen molar-refractivity contribution in [3.8, 4) is 10.6 Å². The molecule has 1 aromatic carbocycles. The molecule has 112 valence electrons. The van der Waals surface area contributed by atoms with E-state index in [0.717, 1.165) is 10.6 Å². The molecule has 2 N–H and O–H groups in total. The highest BCUT2D eigenvalue weighted by molar-refractivity contribution is 7.17. The van der Waals surface area contributed by atoms with Crippen molar-refractivity contribution in [1.29, 1.82) is 0 Å². The summed E-state index contributed by atoms with van der Waals surface area (Å²) in [5.41, 5.74) is 6.95. The quantitative estimate of drug-likeness (QED) is 0.872. The van der Waals surface area contributed by atoms with Crippen LogP contribution in [-0.2, 0) is 9.63 Å². The molecule has 1 amide bonds. The number of rotatable bonds is 4. The van der Waals surface area contributed by atoms with E-state index in [2.05, 4.69) is 10.1 Å². The van der Waals surface area contributed by atoms with Gasteiger partial charge >= 0.3 is 0 Å². The second-order valence-corrected chi connectivity index (χ2v) is 5.87. The van der Waals surface area contributed by atoms with Gasteiger partial charge in [-0.05, 0) is 6.92 Å². The molecule has 1 aliphatic heterocycles. The molecule has 1 aliphatic rings. The summed E-state index contributed by atoms with van der Waals surface area (Å²) >= 11 is 1.30. The monoisotopic (exact) mass is 315 g/mol. The van der Waals surface area contributed by atoms with E-state index in [1.165, 1.54) is 11.3 Å². The lowest BCUT2D eigenvalue weighted by molar-refractivity contribution is -0.127. The molecule has 0 aliphatic carbocycles. The Balaban J connectivity index is 1.86. The fraction of sp³-hybridized carbons (Fsp3) is 0.200. The normalized spacial score (nSPS) is 17.0. The first-order chi connectivity index (χ1) is 10.6. The van der Waals surface area contributed by atoms with Gasteiger partial charge in [-0.25, -0.2) is 4.98 Å². The molecule has 0 saturated heterocycles. The molecule has 6 nitrogen and oxygen atoms in total. The van der Waals surface area contributed by atoms with E-state index in [1.807, 2.05) is 30.3 Å². The number of Topliss-reactive ketones (excluding diaryl/α,β-unsaturated/α-hetero) is 1. The van der Waals surface area contributed by atoms with Crippen LogP contribution in [0.1, 0.15) is 21.8 Å². The van der Waals surface area contributed by atoms with Crippen LogP contribution in [-0.4, -0.2) is 28.5 Å². The highest BCUT2D eigenvalue weighted by Gasteiger charge is 2.32. The lowest BCUT2D eigenvalue weighted by Crippen LogP contribution is -2.29. The fourth-order valence-electron chi connectivity index (χ4n) is 2.11. The number of nitrogens with zero attached hydrogens (tertiary/aromatic N) is 2. The second-order valence-electron chi connectivity index (χ2n) is 4.87. The van der Waals surface area contributed by atoms with Gasteiger partial charge in [0.1, 0.15) is 10.7 Å². The van der Waals surface area contributed by atoms with Crippen LogP contribution in [0.5, 0.6) is 0 Å². The number of ketones is 1. The third-order valence-corrected chi connectivity index (χ3v) is 4.48. The van der Waals surface area contributed by atoms with Crippen molar-refractivity contribution >= 4 is 28.7 Å². The number of nitrogens with two attached hydrogens (primary N) is 1. The van der Waals surface area contributed by atoms with Crippen LogP contribution in [0.4, 0.5) is 0 Å². The molecule has 1 unspecified atom stereocenters. The van der Waals surface area contributed by atoms with Crippen molar-refractivity contribution < 1.29 is 14.4 Å². The van der Waals surface area contributed by atoms with Gasteiger partial charge in [0.15, 0.2) is 0 Å². The highest BCUT2D eigenvalue weighted by Crippen LogP contribution is 2.29. The number of amides is 1. The van der Waals surface area contributed by atoms with Crippen molar-refractivity contribution in [2.75, 3.05) is 0 Å². The summed E-state index contributed by atoms with van der Waals surface area (Å²) in [6.07, 6.45) is -0.757. The minimum atomic E-state index is -0.860. The first kappa shape index (κ1) is 14.4. The molecule has 0 saturated carbocycles. The molecule has 1 atom stereocenters. The molecular weight excluding hydrogens is 302 g/mol. The van der Waals surface area contributed by atoms with E-state index >= 15 is 0 Å². The average molecular weight is 315 g/mol. The standard InChI is InChI=1S/C15H13N3O3S/c1-8-13(12(19)10-7-11(14(16)20)21-18-10)22-15(17-8)9-5-3-2-4-6-9/h2-6,11H,7H2,1H3,(H2,16,20). The maximum absolute atomic E-state index is 12.5. The van der Waals surface area contributed by atoms with Crippen LogP contribution >= 0.6 is 11.3 Å². The number of thiazole rings is 1. The second kappa shape index (κ2) is 5.69. The SMILES string of the molecule is Cc1nc(-c2ccccc2)sc1C(=O)C1=NOC(C(N)=O)C1. The van der Waals surface area contributed by atoms with Crippen LogP contribution in [0.2, 0.25) is 0 Å². The first-order valence-electron chi connectivity index (χ1n) is 6.66. The van der Waals surface area contributed by atoms with Gasteiger partial charge in [-0.1, -0.05) is 35.5 Å². The molecule has 1 aromatic heterocycles. The third kappa shape index (κ3) is 2.62. The van der Waals surface area contributed by atoms with Gasteiger partial charge in [0.05, 0.1) is 10.6 Å². The van der Waals surface area contributed by atoms with Crippen LogP contribution < -0.4 is 5.73 Å². The van der Waals surface area contributed by atoms with Gasteiger partial charge in [0.2, 0.25) is 11.9 Å². The molecule has 2 heterocycles. The van der Waals surface area contributed by atoms with E-state index < -0.39 is 12.0 Å². The highest BCUT2D eigenvalue weighted by atomic mass is 32.1. The topological polar surface area (TPSA) is 94.6 Å². The molecule has 0 spiro atoms. The lowest BCUT2D eigenvalue weighted by atomic mass is 10.1. The number of carbonyl (C=O) groups excluding carboxylic acids is 2. The van der Waals surface area contributed by atoms with E-state index in [0.29, 0.717) is 10.6 Å². The van der Waals surface area contributed by atoms with Gasteiger partial charge < -0.3 is 10.6 Å². The predicted octanol–water partition coefficient (Wildman–Crippen LogP) is 1.93. The van der Waals surface area contributed by atoms with Crippen molar-refractivity contribution in [3.05, 3.63) is 40.9 Å². The Morgan fingerprint density at radius 1 is 1.32 bits per heavy atom. The summed E-state index contributed by atoms with van der Waals surface area (Å²) in [5, 5.41) is 4.45. The molecule has 7 heteroatoms. The summed E-state index contributed by atoms with van der Waals surface area (Å²) in [7, 11) is 0. The fourth-order valence-corrected chi connectivity index (χ4v) is 3.14. The first-order valence-corrected chi connectivity index (χ1v) is 7.47. The molecular formula is C15H13N3O3S. The van der Waals surface area contributed by atoms with Crippen molar-refractivity contribution in [1.82, 2.24) is 4.98 Å². The van der Waals surface area contributed by atoms with Gasteiger partial charge in [0.25, 0.3) is 5.91 Å². The average Bonchev–Trinajstić information content (AvgIpc) is 3.14. The van der Waals surface area contributed by atoms with Crippen LogP contribution in [0.25, 0.3) is 10.6 Å². The van der Waals surface area contributed by atoms with E-state index in [4.69, 9.17) is 10.6 Å². The van der Waals surface area contributed by atoms with E-state index in [1.54, 1.807) is 6.92 Å². The van der Waals surface area contributed by atoms with Crippen molar-refractivity contribution in [2.45, 2.75) is 19.4 Å². The van der Waals surface area contributed by atoms with E-state index in [9.17, 15) is 9.59 Å². The van der Waals surface area contributed by atoms with Crippen molar-refractivity contribution in [3.63, 3.8) is 0 Å². The van der Waals surface area contributed by atoms with Crippen LogP contribution in [0.15, 0.2) is 35.5 Å². The lowest BCUT2D eigenvalue weighted by Gasteiger charge is -2.00. The Hall–Kier alpha value is -2.54. The van der Waals surface area contributed by atoms with Gasteiger partial charge in [-0.2, -0.15) is 0 Å². The molecule has 0 radical (unpaired) electrons. The van der Waals surface area contributed by atoms with Crippen molar-refractivity contribution in [2.24, 2.45) is 10.9 Å². The minimum absolute atomic E-state index is 0.103. The zero-order valence-corrected chi connectivity index (χ0v) is 12.6. The maximum atomic E-state index is 12.5. The molecule has 0 bridgehead atoms. The Labute approximate surface area is 130 Å². The number of aryl methyl sites for hydroxylation is 1. The summed E-state index contributed by atoms with van der Waals surface area (Å²) in [6, 6.07) is 9.63. The summed E-state index contributed by atoms with van der Waals surface area (Å²) in [6.45, 7) is 1.78. The molecule has 22 heavy (non-hydrogen) atoms. The molecule has 2 aromatic rings. The number of benzene rings is 1. The minimum Gasteiger partial charge on any atom is -0.382 e. The van der Waals surface area contributed by atoms with Gasteiger partial charge in [0, 0.05) is 12.0 Å². The Morgan fingerprint density at radius 2 is 2.05 bits per heavy atom. The number of oxime groups is 1. The number of carbonyl (C=O) groups is 2. The predicted molar refractivity (Wildman–Crippen MR) is 82.7 cm³/mol. The Bertz CT molecular complexity index is 768. The summed E-state index contributed by atoms with van der Waals surface area (Å²) in [5.74, 6) is -0.890. The Kier molecular flexibility index (Phi) is 3.72. The maximum Gasteiger partial charge on any atom is 0.261 e. The smallest absolute Gasteiger partial charge is 0.261 e. The summed E-state index contributed by atoms with van der Waals surface area (Å²) < 4.78 is 0.